The largest absolute Gasteiger partial charge is 0.399 e. The van der Waals surface area contributed by atoms with Crippen LogP contribution in [0.1, 0.15) is 22.8 Å². The van der Waals surface area contributed by atoms with Gasteiger partial charge >= 0.3 is 0 Å². The topological polar surface area (TPSA) is 77.0 Å². The summed E-state index contributed by atoms with van der Waals surface area (Å²) in [5.41, 5.74) is 8.90. The fraction of sp³-hybridized carbons (Fsp3) is 0.333. The van der Waals surface area contributed by atoms with E-state index in [1.807, 2.05) is 19.1 Å². The number of hydrogen-bond acceptors (Lipinski definition) is 5. The minimum Gasteiger partial charge on any atom is -0.399 e. The third-order valence-corrected chi connectivity index (χ3v) is 2.52. The van der Waals surface area contributed by atoms with E-state index in [0.29, 0.717) is 18.3 Å². The van der Waals surface area contributed by atoms with Crippen LogP contribution in [-0.2, 0) is 13.1 Å². The zero-order chi connectivity index (χ0) is 12.3. The lowest BCUT2D eigenvalue weighted by atomic mass is 10.1. The normalized spacial score (nSPS) is 10.7. The highest BCUT2D eigenvalue weighted by molar-refractivity contribution is 5.48. The van der Waals surface area contributed by atoms with Crippen molar-refractivity contribution in [2.75, 3.05) is 5.73 Å². The van der Waals surface area contributed by atoms with E-state index in [1.54, 1.807) is 6.92 Å². The highest BCUT2D eigenvalue weighted by Crippen LogP contribution is 2.12. The number of nitrogens with two attached hydrogens (primary N) is 1. The first kappa shape index (κ1) is 11.6. The maximum absolute atomic E-state index is 5.84. The Morgan fingerprint density at radius 2 is 2.12 bits per heavy atom. The molecule has 0 atom stereocenters. The Kier molecular flexibility index (Phi) is 3.39. The molecule has 2 rings (SSSR count). The molecular formula is C12H16N4O. The summed E-state index contributed by atoms with van der Waals surface area (Å²) >= 11 is 0. The van der Waals surface area contributed by atoms with Crippen molar-refractivity contribution in [3.63, 3.8) is 0 Å². The number of nitrogens with one attached hydrogen (secondary N) is 1. The second kappa shape index (κ2) is 4.97. The molecule has 1 heterocycles. The first-order chi connectivity index (χ1) is 8.15. The molecule has 1 aromatic carbocycles. The van der Waals surface area contributed by atoms with E-state index in [9.17, 15) is 0 Å². The maximum Gasteiger partial charge on any atom is 0.240 e. The summed E-state index contributed by atoms with van der Waals surface area (Å²) in [6, 6.07) is 6.04. The highest BCUT2D eigenvalue weighted by atomic mass is 16.5. The third-order valence-electron chi connectivity index (χ3n) is 2.52. The van der Waals surface area contributed by atoms with Crippen LogP contribution in [0.5, 0.6) is 0 Å². The van der Waals surface area contributed by atoms with Crippen LogP contribution in [0.3, 0.4) is 0 Å². The van der Waals surface area contributed by atoms with Gasteiger partial charge in [0.05, 0.1) is 6.54 Å². The first-order valence-electron chi connectivity index (χ1n) is 5.50. The summed E-state index contributed by atoms with van der Waals surface area (Å²) in [5.74, 6) is 1.25. The zero-order valence-electron chi connectivity index (χ0n) is 10.0. The van der Waals surface area contributed by atoms with Crippen molar-refractivity contribution in [3.8, 4) is 0 Å². The van der Waals surface area contributed by atoms with Crippen molar-refractivity contribution < 1.29 is 4.52 Å². The van der Waals surface area contributed by atoms with Gasteiger partial charge in [0.2, 0.25) is 5.89 Å². The number of nitrogens with zero attached hydrogens (tertiary/aromatic N) is 2. The second-order valence-corrected chi connectivity index (χ2v) is 4.03. The summed E-state index contributed by atoms with van der Waals surface area (Å²) < 4.78 is 5.00. The number of aromatic nitrogens is 2. The van der Waals surface area contributed by atoms with Crippen LogP contribution < -0.4 is 11.1 Å². The molecule has 5 heteroatoms. The van der Waals surface area contributed by atoms with Crippen LogP contribution in [0, 0.1) is 13.8 Å². The van der Waals surface area contributed by atoms with E-state index in [2.05, 4.69) is 21.5 Å². The van der Waals surface area contributed by atoms with Crippen LogP contribution in [-0.4, -0.2) is 10.1 Å². The molecule has 0 saturated carbocycles. The average Bonchev–Trinajstić information content (AvgIpc) is 2.70. The lowest BCUT2D eigenvalue weighted by molar-refractivity contribution is 0.364. The molecule has 0 radical (unpaired) electrons. The van der Waals surface area contributed by atoms with Gasteiger partial charge in [0.1, 0.15) is 0 Å². The minimum atomic E-state index is 0.564. The fourth-order valence-corrected chi connectivity index (χ4v) is 1.53. The van der Waals surface area contributed by atoms with Gasteiger partial charge in [-0.1, -0.05) is 17.3 Å². The molecule has 0 aliphatic rings. The molecular weight excluding hydrogens is 216 g/mol. The maximum atomic E-state index is 5.84. The van der Waals surface area contributed by atoms with Crippen molar-refractivity contribution in [2.45, 2.75) is 26.9 Å². The Morgan fingerprint density at radius 1 is 1.29 bits per heavy atom. The molecule has 90 valence electrons. The average molecular weight is 232 g/mol. The van der Waals surface area contributed by atoms with E-state index in [0.717, 1.165) is 23.4 Å². The van der Waals surface area contributed by atoms with Crippen LogP contribution in [0.2, 0.25) is 0 Å². The van der Waals surface area contributed by atoms with Gasteiger partial charge in [-0.05, 0) is 31.0 Å². The smallest absolute Gasteiger partial charge is 0.240 e. The molecule has 0 fully saturated rings. The van der Waals surface area contributed by atoms with Gasteiger partial charge in [-0.2, -0.15) is 4.98 Å². The molecule has 0 bridgehead atoms. The lowest BCUT2D eigenvalue weighted by Gasteiger charge is -2.05. The predicted octanol–water partition coefficient (Wildman–Crippen LogP) is 1.56. The molecule has 0 unspecified atom stereocenters. The third kappa shape index (κ3) is 3.04. The number of rotatable bonds is 4. The van der Waals surface area contributed by atoms with Gasteiger partial charge in [0, 0.05) is 12.2 Å². The predicted molar refractivity (Wildman–Crippen MR) is 65.2 cm³/mol. The van der Waals surface area contributed by atoms with E-state index < -0.39 is 0 Å². The van der Waals surface area contributed by atoms with E-state index in [-0.39, 0.29) is 0 Å². The molecule has 0 aliphatic carbocycles. The quantitative estimate of drug-likeness (QED) is 0.782. The van der Waals surface area contributed by atoms with Crippen LogP contribution in [0.15, 0.2) is 22.7 Å². The Bertz CT molecular complexity index is 507. The van der Waals surface area contributed by atoms with Crippen molar-refractivity contribution in [2.24, 2.45) is 0 Å². The van der Waals surface area contributed by atoms with Gasteiger partial charge in [-0.3, -0.25) is 0 Å². The van der Waals surface area contributed by atoms with E-state index in [4.69, 9.17) is 10.3 Å². The SMILES string of the molecule is Cc1noc(CNCc2ccc(C)c(N)c2)n1. The van der Waals surface area contributed by atoms with Gasteiger partial charge in [-0.25, -0.2) is 0 Å². The Morgan fingerprint density at radius 3 is 2.76 bits per heavy atom. The number of anilines is 1. The molecule has 0 aliphatic heterocycles. The molecule has 0 saturated heterocycles. The van der Waals surface area contributed by atoms with Gasteiger partial charge in [0.25, 0.3) is 0 Å². The van der Waals surface area contributed by atoms with Crippen molar-refractivity contribution >= 4 is 5.69 Å². The molecule has 17 heavy (non-hydrogen) atoms. The molecule has 0 spiro atoms. The van der Waals surface area contributed by atoms with Crippen LogP contribution in [0.4, 0.5) is 5.69 Å². The van der Waals surface area contributed by atoms with Crippen molar-refractivity contribution in [1.82, 2.24) is 15.5 Å². The highest BCUT2D eigenvalue weighted by Gasteiger charge is 2.02. The van der Waals surface area contributed by atoms with Crippen LogP contribution >= 0.6 is 0 Å². The number of nitrogen functional groups attached to an aromatic ring is 1. The molecule has 3 N–H and O–H groups in total. The van der Waals surface area contributed by atoms with Crippen molar-refractivity contribution in [1.29, 1.82) is 0 Å². The van der Waals surface area contributed by atoms with Crippen LogP contribution in [0.25, 0.3) is 0 Å². The van der Waals surface area contributed by atoms with Gasteiger partial charge < -0.3 is 15.6 Å². The van der Waals surface area contributed by atoms with E-state index >= 15 is 0 Å². The van der Waals surface area contributed by atoms with E-state index in [1.165, 1.54) is 0 Å². The number of benzene rings is 1. The summed E-state index contributed by atoms with van der Waals surface area (Å²) in [4.78, 5) is 4.11. The van der Waals surface area contributed by atoms with Crippen molar-refractivity contribution in [3.05, 3.63) is 41.0 Å². The van der Waals surface area contributed by atoms with Gasteiger partial charge in [-0.15, -0.1) is 0 Å². The Labute approximate surface area is 100 Å². The molecule has 0 amide bonds. The number of hydrogen-bond donors (Lipinski definition) is 2. The zero-order valence-corrected chi connectivity index (χ0v) is 10.0. The Hall–Kier alpha value is -1.88. The first-order valence-corrected chi connectivity index (χ1v) is 5.50. The number of aryl methyl sites for hydroxylation is 2. The Balaban J connectivity index is 1.87. The second-order valence-electron chi connectivity index (χ2n) is 4.03. The standard InChI is InChI=1S/C12H16N4O/c1-8-3-4-10(5-11(8)13)6-14-7-12-15-9(2)16-17-12/h3-5,14H,6-7,13H2,1-2H3. The molecule has 1 aromatic heterocycles. The fourth-order valence-electron chi connectivity index (χ4n) is 1.53. The molecule has 2 aromatic rings. The summed E-state index contributed by atoms with van der Waals surface area (Å²) in [7, 11) is 0. The van der Waals surface area contributed by atoms with Gasteiger partial charge in [0.15, 0.2) is 5.82 Å². The lowest BCUT2D eigenvalue weighted by Crippen LogP contribution is -2.13. The monoisotopic (exact) mass is 232 g/mol. The summed E-state index contributed by atoms with van der Waals surface area (Å²) in [6.45, 7) is 5.09. The molecule has 5 nitrogen and oxygen atoms in total. The summed E-state index contributed by atoms with van der Waals surface area (Å²) in [6.07, 6.45) is 0. The summed E-state index contributed by atoms with van der Waals surface area (Å²) in [5, 5.41) is 6.95. The minimum absolute atomic E-state index is 0.564.